The molecule has 4 N–H and O–H groups in total. The molecule has 10 heavy (non-hydrogen) atoms. The van der Waals surface area contributed by atoms with E-state index >= 15 is 0 Å². The standard InChI is InChI=1S/C6H11NO3/c1-4(2-6(9)10)5(8)3-7/h2,5,8H,3,7H2,1H3,(H,9,10). The molecule has 0 fully saturated rings. The first-order valence-electron chi connectivity index (χ1n) is 2.87. The predicted molar refractivity (Wildman–Crippen MR) is 36.5 cm³/mol. The molecule has 0 aromatic carbocycles. The van der Waals surface area contributed by atoms with E-state index in [9.17, 15) is 4.79 Å². The molecular weight excluding hydrogens is 134 g/mol. The molecule has 1 atom stereocenters. The van der Waals surface area contributed by atoms with Crippen molar-refractivity contribution in [1.82, 2.24) is 0 Å². The van der Waals surface area contributed by atoms with Crippen LogP contribution >= 0.6 is 0 Å². The van der Waals surface area contributed by atoms with Gasteiger partial charge in [-0.25, -0.2) is 4.79 Å². The highest BCUT2D eigenvalue weighted by Crippen LogP contribution is 1.97. The molecule has 0 bridgehead atoms. The van der Waals surface area contributed by atoms with Crippen LogP contribution in [0, 0.1) is 0 Å². The maximum atomic E-state index is 10.0. The van der Waals surface area contributed by atoms with Gasteiger partial charge in [-0.05, 0) is 12.5 Å². The highest BCUT2D eigenvalue weighted by Gasteiger charge is 2.03. The molecule has 0 aliphatic heterocycles. The Morgan fingerprint density at radius 1 is 1.80 bits per heavy atom. The van der Waals surface area contributed by atoms with Gasteiger partial charge in [0.2, 0.25) is 0 Å². The van der Waals surface area contributed by atoms with E-state index in [1.54, 1.807) is 0 Å². The summed E-state index contributed by atoms with van der Waals surface area (Å²) in [6, 6.07) is 0. The van der Waals surface area contributed by atoms with Crippen molar-refractivity contribution < 1.29 is 15.0 Å². The number of carboxylic acids is 1. The fourth-order valence-corrected chi connectivity index (χ4v) is 0.477. The van der Waals surface area contributed by atoms with Crippen LogP contribution in [0.5, 0.6) is 0 Å². The van der Waals surface area contributed by atoms with Crippen molar-refractivity contribution in [3.63, 3.8) is 0 Å². The Morgan fingerprint density at radius 3 is 2.60 bits per heavy atom. The first-order chi connectivity index (χ1) is 4.57. The molecular formula is C6H11NO3. The third-order valence-electron chi connectivity index (χ3n) is 1.10. The summed E-state index contributed by atoms with van der Waals surface area (Å²) in [5.41, 5.74) is 5.44. The smallest absolute Gasteiger partial charge is 0.328 e. The van der Waals surface area contributed by atoms with E-state index in [4.69, 9.17) is 15.9 Å². The lowest BCUT2D eigenvalue weighted by Gasteiger charge is -2.05. The number of rotatable bonds is 3. The van der Waals surface area contributed by atoms with Crippen LogP contribution in [0.1, 0.15) is 6.92 Å². The van der Waals surface area contributed by atoms with Gasteiger partial charge in [-0.2, -0.15) is 0 Å². The normalized spacial score (nSPS) is 14.9. The van der Waals surface area contributed by atoms with Gasteiger partial charge in [-0.15, -0.1) is 0 Å². The average Bonchev–Trinajstić information content (AvgIpc) is 1.85. The lowest BCUT2D eigenvalue weighted by Crippen LogP contribution is -2.21. The quantitative estimate of drug-likeness (QED) is 0.460. The van der Waals surface area contributed by atoms with Crippen molar-refractivity contribution >= 4 is 5.97 Å². The van der Waals surface area contributed by atoms with Crippen molar-refractivity contribution in [2.24, 2.45) is 5.73 Å². The number of carbonyl (C=O) groups is 1. The Balaban J connectivity index is 4.04. The van der Waals surface area contributed by atoms with Gasteiger partial charge in [-0.3, -0.25) is 0 Å². The number of nitrogens with two attached hydrogens (primary N) is 1. The van der Waals surface area contributed by atoms with Crippen LogP contribution in [0.25, 0.3) is 0 Å². The fraction of sp³-hybridized carbons (Fsp3) is 0.500. The van der Waals surface area contributed by atoms with Crippen LogP contribution in [-0.2, 0) is 4.79 Å². The van der Waals surface area contributed by atoms with E-state index < -0.39 is 12.1 Å². The Morgan fingerprint density at radius 2 is 2.30 bits per heavy atom. The van der Waals surface area contributed by atoms with Gasteiger partial charge >= 0.3 is 5.97 Å². The third-order valence-corrected chi connectivity index (χ3v) is 1.10. The molecule has 0 amide bonds. The summed E-state index contributed by atoms with van der Waals surface area (Å²) in [6.45, 7) is 1.57. The molecule has 0 spiro atoms. The summed E-state index contributed by atoms with van der Waals surface area (Å²) in [6.07, 6.45) is 0.105. The molecule has 0 saturated carbocycles. The highest BCUT2D eigenvalue weighted by atomic mass is 16.4. The number of hydrogen-bond donors (Lipinski definition) is 3. The average molecular weight is 145 g/mol. The zero-order valence-corrected chi connectivity index (χ0v) is 5.74. The van der Waals surface area contributed by atoms with Gasteiger partial charge < -0.3 is 15.9 Å². The van der Waals surface area contributed by atoms with E-state index in [1.165, 1.54) is 6.92 Å². The minimum atomic E-state index is -1.06. The second-order valence-corrected chi connectivity index (χ2v) is 1.98. The SMILES string of the molecule is CC(=CC(=O)O)C(O)CN. The van der Waals surface area contributed by atoms with Crippen LogP contribution in [-0.4, -0.2) is 28.8 Å². The van der Waals surface area contributed by atoms with Crippen LogP contribution in [0.4, 0.5) is 0 Å². The molecule has 58 valence electrons. The number of hydrogen-bond acceptors (Lipinski definition) is 3. The van der Waals surface area contributed by atoms with Gasteiger partial charge in [0.1, 0.15) is 0 Å². The number of aliphatic hydroxyl groups excluding tert-OH is 1. The maximum Gasteiger partial charge on any atom is 0.328 e. The molecule has 0 radical (unpaired) electrons. The Labute approximate surface area is 59.0 Å². The van der Waals surface area contributed by atoms with Crippen LogP contribution in [0.3, 0.4) is 0 Å². The first kappa shape index (κ1) is 9.13. The Kier molecular flexibility index (Phi) is 3.68. The topological polar surface area (TPSA) is 83.5 Å². The van der Waals surface area contributed by atoms with Crippen molar-refractivity contribution in [2.75, 3.05) is 6.54 Å². The summed E-state index contributed by atoms with van der Waals surface area (Å²) in [4.78, 5) is 10.0. The lowest BCUT2D eigenvalue weighted by atomic mass is 10.1. The summed E-state index contributed by atoms with van der Waals surface area (Å²) in [5, 5.41) is 17.1. The van der Waals surface area contributed by atoms with Crippen molar-refractivity contribution in [2.45, 2.75) is 13.0 Å². The van der Waals surface area contributed by atoms with E-state index in [1.807, 2.05) is 0 Å². The third kappa shape index (κ3) is 3.21. The van der Waals surface area contributed by atoms with E-state index in [0.29, 0.717) is 5.57 Å². The first-order valence-corrected chi connectivity index (χ1v) is 2.87. The fourth-order valence-electron chi connectivity index (χ4n) is 0.477. The Hall–Kier alpha value is -0.870. The van der Waals surface area contributed by atoms with Crippen LogP contribution in [0.2, 0.25) is 0 Å². The summed E-state index contributed by atoms with van der Waals surface area (Å²) >= 11 is 0. The van der Waals surface area contributed by atoms with Crippen molar-refractivity contribution in [3.8, 4) is 0 Å². The van der Waals surface area contributed by atoms with Gasteiger partial charge in [-0.1, -0.05) is 0 Å². The van der Waals surface area contributed by atoms with E-state index in [-0.39, 0.29) is 6.54 Å². The molecule has 0 rings (SSSR count). The number of aliphatic carboxylic acids is 1. The minimum Gasteiger partial charge on any atom is -0.478 e. The molecule has 0 heterocycles. The number of aliphatic hydroxyl groups is 1. The zero-order chi connectivity index (χ0) is 8.15. The second-order valence-electron chi connectivity index (χ2n) is 1.98. The second kappa shape index (κ2) is 4.03. The van der Waals surface area contributed by atoms with Gasteiger partial charge in [0, 0.05) is 12.6 Å². The molecule has 0 aliphatic rings. The maximum absolute atomic E-state index is 10.0. The molecule has 1 unspecified atom stereocenters. The van der Waals surface area contributed by atoms with E-state index in [2.05, 4.69) is 0 Å². The highest BCUT2D eigenvalue weighted by molar-refractivity contribution is 5.80. The monoisotopic (exact) mass is 145 g/mol. The molecule has 0 aromatic rings. The minimum absolute atomic E-state index is 0.0512. The molecule has 0 aromatic heterocycles. The Bertz CT molecular complexity index is 153. The van der Waals surface area contributed by atoms with Gasteiger partial charge in [0.15, 0.2) is 0 Å². The molecule has 0 saturated heterocycles. The van der Waals surface area contributed by atoms with Crippen LogP contribution in [0.15, 0.2) is 11.6 Å². The lowest BCUT2D eigenvalue weighted by molar-refractivity contribution is -0.131. The summed E-state index contributed by atoms with van der Waals surface area (Å²) in [7, 11) is 0. The zero-order valence-electron chi connectivity index (χ0n) is 5.74. The predicted octanol–water partition coefficient (Wildman–Crippen LogP) is -0.663. The summed E-state index contributed by atoms with van der Waals surface area (Å²) in [5.74, 6) is -1.06. The van der Waals surface area contributed by atoms with E-state index in [0.717, 1.165) is 6.08 Å². The van der Waals surface area contributed by atoms with Gasteiger partial charge in [0.25, 0.3) is 0 Å². The van der Waals surface area contributed by atoms with Gasteiger partial charge in [0.05, 0.1) is 6.10 Å². The number of carboxylic acid groups (broad SMARTS) is 1. The molecule has 4 heteroatoms. The van der Waals surface area contributed by atoms with Crippen molar-refractivity contribution in [3.05, 3.63) is 11.6 Å². The molecule has 0 aliphatic carbocycles. The van der Waals surface area contributed by atoms with Crippen molar-refractivity contribution in [1.29, 1.82) is 0 Å². The summed E-state index contributed by atoms with van der Waals surface area (Å²) < 4.78 is 0. The molecule has 4 nitrogen and oxygen atoms in total. The van der Waals surface area contributed by atoms with Crippen LogP contribution < -0.4 is 5.73 Å². The largest absolute Gasteiger partial charge is 0.478 e.